The maximum Gasteiger partial charge on any atom is 0.433 e. The number of nitro groups is 1. The van der Waals surface area contributed by atoms with Crippen LogP contribution in [0.3, 0.4) is 0 Å². The third-order valence-electron chi connectivity index (χ3n) is 3.40. The van der Waals surface area contributed by atoms with E-state index in [2.05, 4.69) is 5.10 Å². The van der Waals surface area contributed by atoms with Crippen LogP contribution in [0.1, 0.15) is 11.3 Å². The minimum absolute atomic E-state index is 0.100. The van der Waals surface area contributed by atoms with Crippen LogP contribution in [-0.4, -0.2) is 36.6 Å². The summed E-state index contributed by atoms with van der Waals surface area (Å²) >= 11 is 6.16. The Labute approximate surface area is 167 Å². The number of hydrogen-bond acceptors (Lipinski definition) is 9. The van der Waals surface area contributed by atoms with E-state index in [0.29, 0.717) is 10.5 Å². The number of amides is 1. The van der Waals surface area contributed by atoms with E-state index in [1.807, 2.05) is 0 Å². The molecule has 3 rings (SSSR count). The zero-order chi connectivity index (χ0) is 20.3. The van der Waals surface area contributed by atoms with E-state index >= 15 is 0 Å². The lowest BCUT2D eigenvalue weighted by Crippen LogP contribution is -2.22. The molecular weight excluding hydrogens is 406 g/mol. The highest BCUT2D eigenvalue weighted by molar-refractivity contribution is 8.26. The van der Waals surface area contributed by atoms with E-state index in [4.69, 9.17) is 16.6 Å². The number of benzene rings is 1. The molecule has 2 N–H and O–H groups in total. The normalized spacial score (nSPS) is 16.1. The number of rotatable bonds is 5. The molecule has 1 amide bonds. The number of thioether (sulfide) groups is 1. The van der Waals surface area contributed by atoms with Gasteiger partial charge in [-0.15, -0.1) is 0 Å². The molecule has 11 heteroatoms. The standard InChI is InChI=1S/C17H11N3O6S2/c21-11-5-4-10(13(22)8-11)9-18-19-16(23)14(28-17(19)27)3-1-2-12-6-7-15(26-12)20(24)25/h1-9,21-22H/b2-1+,14-3+,18-9+. The van der Waals surface area contributed by atoms with Crippen LogP contribution in [0.25, 0.3) is 6.08 Å². The van der Waals surface area contributed by atoms with Gasteiger partial charge < -0.3 is 14.6 Å². The molecular formula is C17H11N3O6S2. The quantitative estimate of drug-likeness (QED) is 0.249. The molecule has 0 atom stereocenters. The van der Waals surface area contributed by atoms with Crippen LogP contribution in [0, 0.1) is 10.1 Å². The molecule has 0 spiro atoms. The second-order valence-corrected chi connectivity index (χ2v) is 6.97. The Morgan fingerprint density at radius 2 is 2.07 bits per heavy atom. The van der Waals surface area contributed by atoms with Crippen molar-refractivity contribution in [2.24, 2.45) is 5.10 Å². The topological polar surface area (TPSA) is 129 Å². The first-order valence-corrected chi connectivity index (χ1v) is 8.82. The predicted octanol–water partition coefficient (Wildman–Crippen LogP) is 3.39. The highest BCUT2D eigenvalue weighted by Gasteiger charge is 2.31. The number of nitrogens with zero attached hydrogens (tertiary/aromatic N) is 3. The van der Waals surface area contributed by atoms with Gasteiger partial charge in [0.1, 0.15) is 22.2 Å². The average Bonchev–Trinajstić information content (AvgIpc) is 3.21. The number of thiocarbonyl (C=S) groups is 1. The second kappa shape index (κ2) is 8.06. The number of phenolic OH excluding ortho intramolecular Hbond substituents is 2. The lowest BCUT2D eigenvalue weighted by Gasteiger charge is -2.06. The number of carbonyl (C=O) groups excluding carboxylic acids is 1. The number of hydrogen-bond donors (Lipinski definition) is 2. The lowest BCUT2D eigenvalue weighted by atomic mass is 10.2. The van der Waals surface area contributed by atoms with Crippen LogP contribution in [0.5, 0.6) is 11.5 Å². The van der Waals surface area contributed by atoms with Crippen molar-refractivity contribution in [3.8, 4) is 11.5 Å². The Morgan fingerprint density at radius 1 is 1.29 bits per heavy atom. The third kappa shape index (κ3) is 4.27. The van der Waals surface area contributed by atoms with Gasteiger partial charge >= 0.3 is 5.88 Å². The fourth-order valence-electron chi connectivity index (χ4n) is 2.09. The van der Waals surface area contributed by atoms with E-state index in [-0.39, 0.29) is 27.5 Å². The number of aromatic hydroxyl groups is 2. The van der Waals surface area contributed by atoms with Crippen LogP contribution in [0.2, 0.25) is 0 Å². The number of hydrazone groups is 1. The van der Waals surface area contributed by atoms with E-state index in [1.54, 1.807) is 0 Å². The molecule has 0 bridgehead atoms. The minimum atomic E-state index is -0.646. The Kier molecular flexibility index (Phi) is 5.57. The van der Waals surface area contributed by atoms with Gasteiger partial charge in [0.2, 0.25) is 0 Å². The second-order valence-electron chi connectivity index (χ2n) is 5.30. The van der Waals surface area contributed by atoms with E-state index in [1.165, 1.54) is 48.7 Å². The van der Waals surface area contributed by atoms with Crippen LogP contribution < -0.4 is 0 Å². The molecule has 142 valence electrons. The van der Waals surface area contributed by atoms with Crippen molar-refractivity contribution in [1.82, 2.24) is 5.01 Å². The Hall–Kier alpha value is -3.44. The molecule has 1 aromatic heterocycles. The summed E-state index contributed by atoms with van der Waals surface area (Å²) in [5, 5.41) is 34.6. The zero-order valence-corrected chi connectivity index (χ0v) is 15.5. The molecule has 28 heavy (non-hydrogen) atoms. The minimum Gasteiger partial charge on any atom is -0.508 e. The number of furan rings is 1. The average molecular weight is 417 g/mol. The van der Waals surface area contributed by atoms with Crippen LogP contribution in [-0.2, 0) is 4.79 Å². The van der Waals surface area contributed by atoms with Gasteiger partial charge in [-0.05, 0) is 42.6 Å². The first-order valence-electron chi connectivity index (χ1n) is 7.60. The smallest absolute Gasteiger partial charge is 0.433 e. The van der Waals surface area contributed by atoms with Gasteiger partial charge in [-0.25, -0.2) is 0 Å². The summed E-state index contributed by atoms with van der Waals surface area (Å²) in [5.74, 6) is -0.867. The van der Waals surface area contributed by atoms with Crippen LogP contribution in [0.4, 0.5) is 5.88 Å². The van der Waals surface area contributed by atoms with Crippen molar-refractivity contribution in [3.05, 3.63) is 68.8 Å². The summed E-state index contributed by atoms with van der Waals surface area (Å²) in [4.78, 5) is 22.6. The molecule has 0 radical (unpaired) electrons. The highest BCUT2D eigenvalue weighted by Crippen LogP contribution is 2.31. The fourth-order valence-corrected chi connectivity index (χ4v) is 3.22. The van der Waals surface area contributed by atoms with Crippen molar-refractivity contribution in [2.75, 3.05) is 0 Å². The first-order chi connectivity index (χ1) is 13.3. The van der Waals surface area contributed by atoms with E-state index in [0.717, 1.165) is 22.8 Å². The molecule has 2 aromatic rings. The van der Waals surface area contributed by atoms with Gasteiger partial charge in [0.25, 0.3) is 5.91 Å². The maximum absolute atomic E-state index is 12.4. The van der Waals surface area contributed by atoms with Crippen molar-refractivity contribution in [1.29, 1.82) is 0 Å². The molecule has 0 unspecified atom stereocenters. The zero-order valence-electron chi connectivity index (χ0n) is 13.9. The Bertz CT molecular complexity index is 1060. The Balaban J connectivity index is 1.71. The third-order valence-corrected chi connectivity index (χ3v) is 4.70. The molecule has 1 fully saturated rings. The van der Waals surface area contributed by atoms with Gasteiger partial charge in [0, 0.05) is 11.6 Å². The van der Waals surface area contributed by atoms with Crippen LogP contribution >= 0.6 is 24.0 Å². The molecule has 1 aromatic carbocycles. The van der Waals surface area contributed by atoms with Gasteiger partial charge in [-0.3, -0.25) is 14.9 Å². The predicted molar refractivity (Wildman–Crippen MR) is 107 cm³/mol. The summed E-state index contributed by atoms with van der Waals surface area (Å²) in [5.41, 5.74) is 0.301. The molecule has 2 heterocycles. The summed E-state index contributed by atoms with van der Waals surface area (Å²) in [6.07, 6.45) is 5.71. The van der Waals surface area contributed by atoms with Gasteiger partial charge in [0.05, 0.1) is 17.2 Å². The summed E-state index contributed by atoms with van der Waals surface area (Å²) < 4.78 is 5.18. The molecule has 1 aliphatic heterocycles. The van der Waals surface area contributed by atoms with Crippen LogP contribution in [0.15, 0.2) is 56.9 Å². The van der Waals surface area contributed by atoms with Gasteiger partial charge in [-0.1, -0.05) is 17.8 Å². The molecule has 1 saturated heterocycles. The molecule has 9 nitrogen and oxygen atoms in total. The number of phenols is 2. The van der Waals surface area contributed by atoms with E-state index in [9.17, 15) is 25.1 Å². The molecule has 0 aliphatic carbocycles. The summed E-state index contributed by atoms with van der Waals surface area (Å²) in [6.45, 7) is 0. The van der Waals surface area contributed by atoms with Gasteiger partial charge in [0.15, 0.2) is 4.32 Å². The summed E-state index contributed by atoms with van der Waals surface area (Å²) in [7, 11) is 0. The van der Waals surface area contributed by atoms with Crippen molar-refractivity contribution in [3.63, 3.8) is 0 Å². The fraction of sp³-hybridized carbons (Fsp3) is 0. The van der Waals surface area contributed by atoms with Crippen molar-refractivity contribution < 1.29 is 24.3 Å². The number of allylic oxidation sites excluding steroid dienone is 2. The Morgan fingerprint density at radius 3 is 2.75 bits per heavy atom. The van der Waals surface area contributed by atoms with Crippen molar-refractivity contribution >= 4 is 52.4 Å². The SMILES string of the molecule is O=C1/C(=C\C=C\c2ccc([N+](=O)[O-])o2)SC(=S)N1/N=C/c1ccc(O)cc1O. The summed E-state index contributed by atoms with van der Waals surface area (Å²) in [6, 6.07) is 6.62. The van der Waals surface area contributed by atoms with Crippen molar-refractivity contribution in [2.45, 2.75) is 0 Å². The molecule has 1 aliphatic rings. The highest BCUT2D eigenvalue weighted by atomic mass is 32.2. The maximum atomic E-state index is 12.4. The monoisotopic (exact) mass is 417 g/mol. The van der Waals surface area contributed by atoms with Gasteiger partial charge in [-0.2, -0.15) is 10.1 Å². The van der Waals surface area contributed by atoms with E-state index < -0.39 is 10.8 Å². The largest absolute Gasteiger partial charge is 0.508 e. The number of carbonyl (C=O) groups is 1. The first kappa shape index (κ1) is 19.3. The lowest BCUT2D eigenvalue weighted by molar-refractivity contribution is -0.402. The molecule has 0 saturated carbocycles.